The predicted molar refractivity (Wildman–Crippen MR) is 172 cm³/mol. The van der Waals surface area contributed by atoms with E-state index in [-0.39, 0.29) is 40.3 Å². The number of nitrogens with zero attached hydrogens (tertiary/aromatic N) is 1. The van der Waals surface area contributed by atoms with Crippen molar-refractivity contribution in [2.24, 2.45) is 5.92 Å². The lowest BCUT2D eigenvalue weighted by molar-refractivity contribution is -0.119. The molecule has 45 heavy (non-hydrogen) atoms. The van der Waals surface area contributed by atoms with E-state index in [0.29, 0.717) is 47.6 Å². The van der Waals surface area contributed by atoms with Crippen LogP contribution in [0.1, 0.15) is 59.7 Å². The molecule has 1 atom stereocenters. The lowest BCUT2D eigenvalue weighted by Crippen LogP contribution is -2.27. The van der Waals surface area contributed by atoms with Crippen LogP contribution >= 0.6 is 11.3 Å². The Balaban J connectivity index is 1.69. The van der Waals surface area contributed by atoms with Gasteiger partial charge in [0, 0.05) is 17.4 Å². The quantitative estimate of drug-likeness (QED) is 0.258. The Morgan fingerprint density at radius 1 is 1.04 bits per heavy atom. The van der Waals surface area contributed by atoms with Crippen molar-refractivity contribution < 1.29 is 33.3 Å². The average molecular weight is 639 g/mol. The molecule has 2 aromatic carbocycles. The number of carbonyl (C=O) groups excluding carboxylic acids is 3. The van der Waals surface area contributed by atoms with Gasteiger partial charge in [0.15, 0.2) is 22.3 Å². The minimum atomic E-state index is -0.570. The van der Waals surface area contributed by atoms with Crippen molar-refractivity contribution in [3.05, 3.63) is 56.2 Å². The Morgan fingerprint density at radius 3 is 2.40 bits per heavy atom. The maximum atomic E-state index is 13.5. The molecule has 0 bridgehead atoms. The number of esters is 1. The maximum Gasteiger partial charge on any atom is 0.357 e. The van der Waals surface area contributed by atoms with Gasteiger partial charge in [-0.05, 0) is 60.1 Å². The monoisotopic (exact) mass is 638 g/mol. The molecule has 0 saturated heterocycles. The minimum Gasteiger partial charge on any atom is -0.493 e. The van der Waals surface area contributed by atoms with E-state index >= 15 is 0 Å². The number of ether oxygens (including phenoxy) is 4. The third kappa shape index (κ3) is 7.36. The van der Waals surface area contributed by atoms with Crippen molar-refractivity contribution in [3.8, 4) is 28.4 Å². The van der Waals surface area contributed by atoms with Crippen molar-refractivity contribution >= 4 is 39.9 Å². The molecule has 1 aliphatic rings. The van der Waals surface area contributed by atoms with E-state index in [1.807, 2.05) is 19.9 Å². The van der Waals surface area contributed by atoms with Gasteiger partial charge in [-0.2, -0.15) is 0 Å². The van der Waals surface area contributed by atoms with E-state index in [1.165, 1.54) is 45.7 Å². The molecule has 240 valence electrons. The van der Waals surface area contributed by atoms with Gasteiger partial charge < -0.3 is 34.9 Å². The highest BCUT2D eigenvalue weighted by molar-refractivity contribution is 7.16. The van der Waals surface area contributed by atoms with Gasteiger partial charge in [-0.15, -0.1) is 11.3 Å². The second kappa shape index (κ2) is 14.4. The summed E-state index contributed by atoms with van der Waals surface area (Å²) in [7, 11) is 5.88. The molecule has 2 amide bonds. The van der Waals surface area contributed by atoms with E-state index in [9.17, 15) is 19.2 Å². The topological polar surface area (TPSA) is 154 Å². The fourth-order valence-electron chi connectivity index (χ4n) is 5.36. The smallest absolute Gasteiger partial charge is 0.357 e. The summed E-state index contributed by atoms with van der Waals surface area (Å²) < 4.78 is 21.9. The van der Waals surface area contributed by atoms with Gasteiger partial charge in [-0.1, -0.05) is 19.9 Å². The summed E-state index contributed by atoms with van der Waals surface area (Å²) in [5, 5.41) is 8.86. The zero-order chi connectivity index (χ0) is 32.8. The van der Waals surface area contributed by atoms with Gasteiger partial charge in [0.05, 0.1) is 46.7 Å². The van der Waals surface area contributed by atoms with E-state index in [0.717, 1.165) is 16.0 Å². The van der Waals surface area contributed by atoms with Gasteiger partial charge in [0.1, 0.15) is 0 Å². The molecule has 0 spiro atoms. The maximum absolute atomic E-state index is 13.5. The summed E-state index contributed by atoms with van der Waals surface area (Å²) >= 11 is 1.21. The average Bonchev–Trinajstić information content (AvgIpc) is 3.23. The van der Waals surface area contributed by atoms with Crippen LogP contribution in [-0.4, -0.2) is 57.8 Å². The van der Waals surface area contributed by atoms with Crippen LogP contribution in [0, 0.1) is 5.92 Å². The van der Waals surface area contributed by atoms with Crippen LogP contribution in [0.5, 0.6) is 17.2 Å². The third-order valence-corrected chi connectivity index (χ3v) is 8.26. The first-order valence-electron chi connectivity index (χ1n) is 14.4. The molecular formula is C32H38N4O8S. The highest BCUT2D eigenvalue weighted by Crippen LogP contribution is 2.50. The number of thiazole rings is 1. The van der Waals surface area contributed by atoms with E-state index in [1.54, 1.807) is 19.2 Å². The summed E-state index contributed by atoms with van der Waals surface area (Å²) in [5.74, 6) is 0.354. The summed E-state index contributed by atoms with van der Waals surface area (Å²) in [6, 6.07) is 6.26. The van der Waals surface area contributed by atoms with Crippen molar-refractivity contribution in [1.29, 1.82) is 0 Å². The van der Waals surface area contributed by atoms with Gasteiger partial charge in [0.2, 0.25) is 23.0 Å². The molecule has 4 rings (SSSR count). The zero-order valence-corrected chi connectivity index (χ0v) is 27.2. The Labute approximate surface area is 265 Å². The number of fused-ring (bicyclic) bond motifs is 3. The largest absolute Gasteiger partial charge is 0.493 e. The molecule has 0 radical (unpaired) electrons. The Bertz CT molecular complexity index is 1670. The zero-order valence-electron chi connectivity index (χ0n) is 26.4. The van der Waals surface area contributed by atoms with E-state index in [4.69, 9.17) is 18.9 Å². The molecular weight excluding hydrogens is 600 g/mol. The number of hydrogen-bond acceptors (Lipinski definition) is 11. The summed E-state index contributed by atoms with van der Waals surface area (Å²) in [4.78, 5) is 55.8. The number of hydrogen-bond donors (Lipinski definition) is 3. The second-order valence-corrected chi connectivity index (χ2v) is 12.0. The SMILES string of the molecule is COC(=O)c1nc(NC(=O)CNc2ccc3c(cc2=O)[C@@H](NC(C)=O)CCc2cc(OC)c(OC)c(OC)c2-3)sc1CC(C)C. The first-order chi connectivity index (χ1) is 21.5. The Hall–Kier alpha value is -4.65. The van der Waals surface area contributed by atoms with Gasteiger partial charge in [0.25, 0.3) is 0 Å². The van der Waals surface area contributed by atoms with Crippen LogP contribution in [-0.2, 0) is 27.2 Å². The van der Waals surface area contributed by atoms with Crippen LogP contribution in [0.2, 0.25) is 0 Å². The van der Waals surface area contributed by atoms with Gasteiger partial charge in [-0.3, -0.25) is 14.4 Å². The van der Waals surface area contributed by atoms with E-state index in [2.05, 4.69) is 20.9 Å². The highest BCUT2D eigenvalue weighted by atomic mass is 32.1. The molecule has 1 heterocycles. The van der Waals surface area contributed by atoms with Crippen molar-refractivity contribution in [2.75, 3.05) is 45.6 Å². The van der Waals surface area contributed by atoms with Gasteiger partial charge >= 0.3 is 5.97 Å². The molecule has 1 aromatic heterocycles. The molecule has 3 N–H and O–H groups in total. The predicted octanol–water partition coefficient (Wildman–Crippen LogP) is 4.36. The van der Waals surface area contributed by atoms with E-state index < -0.39 is 17.9 Å². The van der Waals surface area contributed by atoms with Crippen molar-refractivity contribution in [3.63, 3.8) is 0 Å². The van der Waals surface area contributed by atoms with Crippen LogP contribution in [0.25, 0.3) is 11.1 Å². The number of aromatic nitrogens is 1. The fraction of sp³-hybridized carbons (Fsp3) is 0.406. The number of amides is 2. The standard InChI is InChI=1S/C32H38N4O8S/c1-16(2)12-25-28(31(40)44-7)36-32(45-25)35-26(39)15-33-22-11-9-19-20(14-23(22)38)21(34-17(3)37)10-8-18-13-24(41-4)29(42-5)30(43-6)27(18)19/h9,11,13-14,16,21H,8,10,12,15H2,1-7H3,(H,33,38)(H,34,37)(H,35,36,39)/t21-/m0/s1. The highest BCUT2D eigenvalue weighted by Gasteiger charge is 2.29. The van der Waals surface area contributed by atoms with Crippen LogP contribution in [0.15, 0.2) is 29.1 Å². The van der Waals surface area contributed by atoms with Crippen LogP contribution in [0.3, 0.4) is 0 Å². The molecule has 13 heteroatoms. The molecule has 3 aromatic rings. The third-order valence-electron chi connectivity index (χ3n) is 7.27. The number of anilines is 2. The van der Waals surface area contributed by atoms with Crippen molar-refractivity contribution in [2.45, 2.75) is 46.1 Å². The lowest BCUT2D eigenvalue weighted by atomic mass is 9.95. The first-order valence-corrected chi connectivity index (χ1v) is 15.2. The van der Waals surface area contributed by atoms with Gasteiger partial charge in [-0.25, -0.2) is 9.78 Å². The first kappa shape index (κ1) is 33.2. The van der Waals surface area contributed by atoms with Crippen LogP contribution < -0.4 is 35.6 Å². The normalized spacial score (nSPS) is 13.6. The molecule has 0 fully saturated rings. The molecule has 0 unspecified atom stereocenters. The fourth-order valence-corrected chi connectivity index (χ4v) is 6.54. The summed E-state index contributed by atoms with van der Waals surface area (Å²) in [5.41, 5.74) is 2.88. The number of aryl methyl sites for hydroxylation is 1. The number of benzene rings is 1. The number of nitrogens with one attached hydrogen (secondary N) is 3. The summed E-state index contributed by atoms with van der Waals surface area (Å²) in [6.07, 6.45) is 1.70. The second-order valence-electron chi connectivity index (χ2n) is 10.9. The van der Waals surface area contributed by atoms with Crippen LogP contribution in [0.4, 0.5) is 10.8 Å². The minimum absolute atomic E-state index is 0.177. The molecule has 1 aliphatic carbocycles. The molecule has 12 nitrogen and oxygen atoms in total. The molecule has 0 aliphatic heterocycles. The summed E-state index contributed by atoms with van der Waals surface area (Å²) in [6.45, 7) is 5.22. The molecule has 0 saturated carbocycles. The number of rotatable bonds is 11. The Morgan fingerprint density at radius 2 is 1.78 bits per heavy atom. The Kier molecular flexibility index (Phi) is 10.7. The number of methoxy groups -OCH3 is 4. The number of carbonyl (C=O) groups is 3. The lowest BCUT2D eigenvalue weighted by Gasteiger charge is -2.19. The van der Waals surface area contributed by atoms with Crippen molar-refractivity contribution in [1.82, 2.24) is 10.3 Å².